The first kappa shape index (κ1) is 12.2. The molecule has 2 nitrogen and oxygen atoms in total. The Morgan fingerprint density at radius 1 is 1.21 bits per heavy atom. The molecule has 19 heavy (non-hydrogen) atoms. The van der Waals surface area contributed by atoms with Gasteiger partial charge in [0.05, 0.1) is 11.3 Å². The van der Waals surface area contributed by atoms with Gasteiger partial charge in [-0.05, 0) is 52.2 Å². The molecule has 1 heterocycles. The minimum atomic E-state index is -0.251. The Hall–Kier alpha value is -1.86. The molecule has 0 atom stereocenters. The molecule has 0 radical (unpaired) electrons. The predicted octanol–water partition coefficient (Wildman–Crippen LogP) is 4.15. The predicted molar refractivity (Wildman–Crippen MR) is 76.0 cm³/mol. The van der Waals surface area contributed by atoms with Crippen molar-refractivity contribution in [3.63, 3.8) is 0 Å². The maximum Gasteiger partial charge on any atom is 0.125 e. The van der Waals surface area contributed by atoms with E-state index in [0.29, 0.717) is 5.56 Å². The van der Waals surface area contributed by atoms with Gasteiger partial charge in [0, 0.05) is 16.7 Å². The molecule has 0 bridgehead atoms. The lowest BCUT2D eigenvalue weighted by atomic mass is 10.1. The number of anilines is 2. The summed E-state index contributed by atoms with van der Waals surface area (Å²) >= 11 is 3.39. The van der Waals surface area contributed by atoms with Crippen molar-refractivity contribution in [1.82, 2.24) is 0 Å². The van der Waals surface area contributed by atoms with Crippen LogP contribution >= 0.6 is 15.9 Å². The van der Waals surface area contributed by atoms with E-state index < -0.39 is 0 Å². The summed E-state index contributed by atoms with van der Waals surface area (Å²) in [5, 5.41) is 9.28. The summed E-state index contributed by atoms with van der Waals surface area (Å²) in [5.41, 5.74) is 3.38. The van der Waals surface area contributed by atoms with Gasteiger partial charge < -0.3 is 4.90 Å². The van der Waals surface area contributed by atoms with Gasteiger partial charge >= 0.3 is 0 Å². The van der Waals surface area contributed by atoms with Crippen LogP contribution in [0.25, 0.3) is 0 Å². The minimum Gasteiger partial charge on any atom is -0.340 e. The quantitative estimate of drug-likeness (QED) is 0.790. The highest BCUT2D eigenvalue weighted by molar-refractivity contribution is 9.10. The van der Waals surface area contributed by atoms with E-state index in [4.69, 9.17) is 0 Å². The third-order valence-corrected chi connectivity index (χ3v) is 4.00. The van der Waals surface area contributed by atoms with Gasteiger partial charge in [-0.3, -0.25) is 0 Å². The van der Waals surface area contributed by atoms with Gasteiger partial charge in [-0.15, -0.1) is 0 Å². The second kappa shape index (κ2) is 4.67. The van der Waals surface area contributed by atoms with Crippen molar-refractivity contribution in [3.8, 4) is 6.07 Å². The van der Waals surface area contributed by atoms with E-state index in [1.165, 1.54) is 12.1 Å². The molecule has 3 rings (SSSR count). The lowest BCUT2D eigenvalue weighted by Gasteiger charge is -2.21. The topological polar surface area (TPSA) is 27.0 Å². The van der Waals surface area contributed by atoms with Crippen LogP contribution in [0.1, 0.15) is 11.1 Å². The van der Waals surface area contributed by atoms with Crippen molar-refractivity contribution < 1.29 is 4.39 Å². The van der Waals surface area contributed by atoms with Crippen molar-refractivity contribution in [3.05, 3.63) is 57.8 Å². The molecular weight excluding hydrogens is 307 g/mol. The summed E-state index contributed by atoms with van der Waals surface area (Å²) in [6, 6.07) is 12.6. The van der Waals surface area contributed by atoms with Gasteiger partial charge in [0.15, 0.2) is 0 Å². The second-order valence-electron chi connectivity index (χ2n) is 4.42. The fourth-order valence-electron chi connectivity index (χ4n) is 2.45. The van der Waals surface area contributed by atoms with Crippen molar-refractivity contribution in [2.45, 2.75) is 6.42 Å². The Morgan fingerprint density at radius 3 is 2.84 bits per heavy atom. The summed E-state index contributed by atoms with van der Waals surface area (Å²) in [6.45, 7) is 0.768. The Kier molecular flexibility index (Phi) is 3.00. The van der Waals surface area contributed by atoms with Gasteiger partial charge in [-0.25, -0.2) is 4.39 Å². The van der Waals surface area contributed by atoms with E-state index in [-0.39, 0.29) is 5.82 Å². The highest BCUT2D eigenvalue weighted by Gasteiger charge is 2.23. The van der Waals surface area contributed by atoms with Crippen LogP contribution in [0.5, 0.6) is 0 Å². The number of hydrogen-bond donors (Lipinski definition) is 0. The van der Waals surface area contributed by atoms with E-state index in [2.05, 4.69) is 22.0 Å². The molecule has 0 aliphatic carbocycles. The van der Waals surface area contributed by atoms with Crippen molar-refractivity contribution in [2.75, 3.05) is 11.4 Å². The van der Waals surface area contributed by atoms with Crippen LogP contribution in [0.4, 0.5) is 15.8 Å². The Balaban J connectivity index is 2.15. The van der Waals surface area contributed by atoms with Gasteiger partial charge in [0.25, 0.3) is 0 Å². The molecule has 0 N–H and O–H groups in total. The molecule has 0 spiro atoms. The number of nitriles is 1. The van der Waals surface area contributed by atoms with Crippen LogP contribution in [0.2, 0.25) is 0 Å². The first-order valence-electron chi connectivity index (χ1n) is 5.95. The maximum absolute atomic E-state index is 13.4. The fourth-order valence-corrected chi connectivity index (χ4v) is 2.90. The van der Waals surface area contributed by atoms with E-state index in [9.17, 15) is 9.65 Å². The van der Waals surface area contributed by atoms with Crippen molar-refractivity contribution in [2.24, 2.45) is 0 Å². The van der Waals surface area contributed by atoms with E-state index >= 15 is 0 Å². The summed E-state index contributed by atoms with van der Waals surface area (Å²) in [4.78, 5) is 2.00. The van der Waals surface area contributed by atoms with Crippen LogP contribution in [0.3, 0.4) is 0 Å². The molecule has 0 saturated carbocycles. The number of halogens is 2. The van der Waals surface area contributed by atoms with E-state index in [1.54, 1.807) is 0 Å². The van der Waals surface area contributed by atoms with E-state index in [0.717, 1.165) is 34.4 Å². The van der Waals surface area contributed by atoms with Crippen LogP contribution in [-0.4, -0.2) is 6.54 Å². The summed E-state index contributed by atoms with van der Waals surface area (Å²) in [6.07, 6.45) is 0.868. The zero-order chi connectivity index (χ0) is 13.4. The number of benzene rings is 2. The van der Waals surface area contributed by atoms with Crippen LogP contribution < -0.4 is 4.90 Å². The van der Waals surface area contributed by atoms with E-state index in [1.807, 2.05) is 29.2 Å². The number of nitrogens with zero attached hydrogens (tertiary/aromatic N) is 2. The van der Waals surface area contributed by atoms with Crippen LogP contribution in [0.15, 0.2) is 40.9 Å². The van der Waals surface area contributed by atoms with Gasteiger partial charge in [-0.2, -0.15) is 5.26 Å². The third kappa shape index (κ3) is 2.00. The molecule has 1 aliphatic heterocycles. The normalized spacial score (nSPS) is 13.2. The highest BCUT2D eigenvalue weighted by Crippen LogP contribution is 2.38. The molecule has 0 unspecified atom stereocenters. The van der Waals surface area contributed by atoms with Gasteiger partial charge in [-0.1, -0.05) is 12.1 Å². The fraction of sp³-hybridized carbons (Fsp3) is 0.133. The summed E-state index contributed by atoms with van der Waals surface area (Å²) in [7, 11) is 0. The van der Waals surface area contributed by atoms with Crippen molar-refractivity contribution >= 4 is 27.3 Å². The molecule has 2 aromatic carbocycles. The molecule has 0 aromatic heterocycles. The molecule has 0 fully saturated rings. The second-order valence-corrected chi connectivity index (χ2v) is 5.27. The first-order chi connectivity index (χ1) is 9.20. The van der Waals surface area contributed by atoms with Gasteiger partial charge in [0.2, 0.25) is 0 Å². The monoisotopic (exact) mass is 316 g/mol. The Bertz CT molecular complexity index is 691. The highest BCUT2D eigenvalue weighted by atomic mass is 79.9. The summed E-state index contributed by atoms with van der Waals surface area (Å²) < 4.78 is 14.2. The van der Waals surface area contributed by atoms with Crippen LogP contribution in [-0.2, 0) is 6.42 Å². The lowest BCUT2D eigenvalue weighted by Crippen LogP contribution is -2.14. The third-order valence-electron chi connectivity index (χ3n) is 3.34. The SMILES string of the molecule is N#Cc1c(Br)cccc1N1CCc2ccc(F)cc21. The standard InChI is InChI=1S/C15H10BrFN2/c16-13-2-1-3-14(12(13)9-18)19-7-6-10-4-5-11(17)8-15(10)19/h1-5,8H,6-7H2. The lowest BCUT2D eigenvalue weighted by molar-refractivity contribution is 0.628. The number of hydrogen-bond acceptors (Lipinski definition) is 2. The molecule has 0 saturated heterocycles. The molecule has 0 amide bonds. The molecule has 1 aliphatic rings. The maximum atomic E-state index is 13.4. The van der Waals surface area contributed by atoms with Crippen molar-refractivity contribution in [1.29, 1.82) is 5.26 Å². The zero-order valence-corrected chi connectivity index (χ0v) is 11.6. The Morgan fingerprint density at radius 2 is 2.05 bits per heavy atom. The van der Waals surface area contributed by atoms with Gasteiger partial charge in [0.1, 0.15) is 11.9 Å². The molecule has 4 heteroatoms. The molecular formula is C15H10BrFN2. The number of fused-ring (bicyclic) bond motifs is 1. The average molecular weight is 317 g/mol. The average Bonchev–Trinajstić information content (AvgIpc) is 2.81. The largest absolute Gasteiger partial charge is 0.340 e. The zero-order valence-electron chi connectivity index (χ0n) is 10.0. The first-order valence-corrected chi connectivity index (χ1v) is 6.74. The number of rotatable bonds is 1. The smallest absolute Gasteiger partial charge is 0.125 e. The van der Waals surface area contributed by atoms with Crippen LogP contribution in [0, 0.1) is 17.1 Å². The molecule has 94 valence electrons. The molecule has 2 aromatic rings. The summed E-state index contributed by atoms with van der Waals surface area (Å²) in [5.74, 6) is -0.251. The minimum absolute atomic E-state index is 0.251. The Labute approximate surface area is 119 Å².